The van der Waals surface area contributed by atoms with E-state index < -0.39 is 5.60 Å². The molecular formula is C29H32ClN5O3. The molecule has 2 aromatic heterocycles. The van der Waals surface area contributed by atoms with Gasteiger partial charge in [0, 0.05) is 44.4 Å². The van der Waals surface area contributed by atoms with E-state index in [9.17, 15) is 9.90 Å². The van der Waals surface area contributed by atoms with Crippen LogP contribution >= 0.6 is 11.6 Å². The molecule has 0 spiro atoms. The second kappa shape index (κ2) is 9.22. The maximum absolute atomic E-state index is 12.7. The van der Waals surface area contributed by atoms with Gasteiger partial charge in [-0.3, -0.25) is 9.88 Å². The molecule has 8 nitrogen and oxygen atoms in total. The number of piperazine rings is 1. The van der Waals surface area contributed by atoms with E-state index in [0.29, 0.717) is 36.9 Å². The summed E-state index contributed by atoms with van der Waals surface area (Å²) in [4.78, 5) is 26.0. The highest BCUT2D eigenvalue weighted by molar-refractivity contribution is 6.30. The zero-order valence-corrected chi connectivity index (χ0v) is 22.6. The molecule has 38 heavy (non-hydrogen) atoms. The molecule has 1 unspecified atom stereocenters. The van der Waals surface area contributed by atoms with E-state index in [1.165, 1.54) is 0 Å². The molecule has 0 radical (unpaired) electrons. The number of nitrogens with zero attached hydrogens (tertiary/aromatic N) is 5. The number of hydrogen-bond acceptors (Lipinski definition) is 6. The van der Waals surface area contributed by atoms with Gasteiger partial charge in [0.2, 0.25) is 0 Å². The quantitative estimate of drug-likeness (QED) is 0.526. The monoisotopic (exact) mass is 533 g/mol. The summed E-state index contributed by atoms with van der Waals surface area (Å²) in [6.07, 6.45) is 8.84. The van der Waals surface area contributed by atoms with Crippen LogP contribution in [-0.4, -0.2) is 67.3 Å². The Bertz CT molecular complexity index is 1420. The van der Waals surface area contributed by atoms with Gasteiger partial charge in [-0.15, -0.1) is 0 Å². The van der Waals surface area contributed by atoms with E-state index >= 15 is 0 Å². The Balaban J connectivity index is 1.39. The van der Waals surface area contributed by atoms with Crippen molar-refractivity contribution < 1.29 is 14.6 Å². The van der Waals surface area contributed by atoms with Crippen molar-refractivity contribution in [2.45, 2.75) is 43.9 Å². The van der Waals surface area contributed by atoms with Gasteiger partial charge in [0.25, 0.3) is 0 Å². The van der Waals surface area contributed by atoms with E-state index in [4.69, 9.17) is 21.3 Å². The van der Waals surface area contributed by atoms with Gasteiger partial charge < -0.3 is 19.3 Å². The lowest BCUT2D eigenvalue weighted by atomic mass is 9.84. The van der Waals surface area contributed by atoms with Crippen molar-refractivity contribution >= 4 is 29.3 Å². The molecule has 0 bridgehead atoms. The zero-order valence-electron chi connectivity index (χ0n) is 21.9. The van der Waals surface area contributed by atoms with Crippen LogP contribution in [0.1, 0.15) is 60.8 Å². The fourth-order valence-corrected chi connectivity index (χ4v) is 5.79. The molecule has 1 aliphatic heterocycles. The van der Waals surface area contributed by atoms with Gasteiger partial charge in [0.1, 0.15) is 11.2 Å². The summed E-state index contributed by atoms with van der Waals surface area (Å²) < 4.78 is 7.54. The average Bonchev–Trinajstić information content (AvgIpc) is 3.49. The molecule has 1 aromatic carbocycles. The first-order valence-corrected chi connectivity index (χ1v) is 13.4. The number of pyridine rings is 1. The lowest BCUT2D eigenvalue weighted by Gasteiger charge is -2.40. The van der Waals surface area contributed by atoms with Gasteiger partial charge in [-0.1, -0.05) is 23.7 Å². The molecular weight excluding hydrogens is 502 g/mol. The summed E-state index contributed by atoms with van der Waals surface area (Å²) in [5.74, 6) is 0. The third kappa shape index (κ3) is 4.40. The summed E-state index contributed by atoms with van der Waals surface area (Å²) in [6.45, 7) is 6.26. The van der Waals surface area contributed by atoms with Gasteiger partial charge in [0.05, 0.1) is 30.0 Å². The number of aliphatic hydroxyl groups is 1. The van der Waals surface area contributed by atoms with Crippen LogP contribution in [0.5, 0.6) is 0 Å². The van der Waals surface area contributed by atoms with Crippen LogP contribution in [0, 0.1) is 0 Å². The predicted molar refractivity (Wildman–Crippen MR) is 145 cm³/mol. The van der Waals surface area contributed by atoms with Gasteiger partial charge in [-0.05, 0) is 73.2 Å². The Morgan fingerprint density at radius 3 is 2.66 bits per heavy atom. The van der Waals surface area contributed by atoms with Crippen molar-refractivity contribution in [1.29, 1.82) is 0 Å². The first-order valence-electron chi connectivity index (χ1n) is 13.0. The minimum atomic E-state index is -1.34. The molecule has 3 heterocycles. The molecule has 1 N–H and O–H groups in total. The van der Waals surface area contributed by atoms with Gasteiger partial charge in [-0.25, -0.2) is 9.78 Å². The van der Waals surface area contributed by atoms with Crippen molar-refractivity contribution in [2.75, 3.05) is 26.2 Å². The predicted octanol–water partition coefficient (Wildman–Crippen LogP) is 4.63. The molecule has 1 saturated heterocycles. The molecule has 9 heteroatoms. The van der Waals surface area contributed by atoms with E-state index in [1.807, 2.05) is 61.1 Å². The van der Waals surface area contributed by atoms with Crippen LogP contribution in [0.3, 0.4) is 0 Å². The third-order valence-electron chi connectivity index (χ3n) is 8.10. The second-order valence-electron chi connectivity index (χ2n) is 11.0. The summed E-state index contributed by atoms with van der Waals surface area (Å²) in [6, 6.07) is 9.63. The number of aromatic nitrogens is 3. The maximum Gasteiger partial charge on any atom is 0.410 e. The molecule has 3 aliphatic rings. The van der Waals surface area contributed by atoms with Crippen LogP contribution in [0.4, 0.5) is 4.79 Å². The fourth-order valence-electron chi connectivity index (χ4n) is 5.61. The lowest BCUT2D eigenvalue weighted by molar-refractivity contribution is 0.0380. The average molecular weight is 534 g/mol. The molecule has 2 aliphatic carbocycles. The van der Waals surface area contributed by atoms with Gasteiger partial charge in [-0.2, -0.15) is 0 Å². The summed E-state index contributed by atoms with van der Waals surface area (Å²) in [5.41, 5.74) is 3.51. The largest absolute Gasteiger partial charge is 0.443 e. The van der Waals surface area contributed by atoms with Gasteiger partial charge in [0.15, 0.2) is 0 Å². The zero-order chi connectivity index (χ0) is 26.7. The highest BCUT2D eigenvalue weighted by Crippen LogP contribution is 2.46. The molecule has 2 fully saturated rings. The number of amides is 1. The van der Waals surface area contributed by atoms with E-state index in [0.717, 1.165) is 40.8 Å². The first kappa shape index (κ1) is 25.1. The smallest absolute Gasteiger partial charge is 0.410 e. The van der Waals surface area contributed by atoms with Crippen LogP contribution in [-0.2, 0) is 17.4 Å². The Kier molecular flexibility index (Phi) is 6.09. The lowest BCUT2D eigenvalue weighted by Crippen LogP contribution is -2.50. The van der Waals surface area contributed by atoms with E-state index in [1.54, 1.807) is 24.3 Å². The number of carbonyl (C=O) groups is 1. The minimum absolute atomic E-state index is 0.173. The number of benzene rings is 1. The summed E-state index contributed by atoms with van der Waals surface area (Å²) in [5, 5.41) is 12.6. The van der Waals surface area contributed by atoms with Crippen molar-refractivity contribution in [3.8, 4) is 0 Å². The first-order chi connectivity index (χ1) is 18.2. The molecule has 3 aromatic rings. The standard InChI is InChI=1S/C29H32ClN5O3/c1-28(8-9-28)38-27(36)35-13-11-34(12-14-35)26-21-7-6-20(30)16-22(21)23(15-19-5-4-10-32-25(19)26)29(2,37)24-17-31-18-33(24)3/h4-7,10,15-18,26,37H,8-9,11-14H2,1-3H3/t26-,29?/m0/s1. The van der Waals surface area contributed by atoms with Crippen LogP contribution in [0.25, 0.3) is 11.6 Å². The van der Waals surface area contributed by atoms with E-state index in [-0.39, 0.29) is 17.7 Å². The van der Waals surface area contributed by atoms with Crippen molar-refractivity contribution in [1.82, 2.24) is 24.3 Å². The SMILES string of the molecule is Cn1cncc1C(C)(O)C1=Cc2cccnc2[C@@H](N2CCN(C(=O)OC3(C)CC3)CC2)c2ccc(Cl)cc21. The molecule has 6 rings (SSSR count). The highest BCUT2D eigenvalue weighted by Gasteiger charge is 2.44. The number of halogens is 1. The molecule has 198 valence electrons. The Labute approximate surface area is 227 Å². The van der Waals surface area contributed by atoms with Crippen molar-refractivity contribution in [3.63, 3.8) is 0 Å². The number of ether oxygens (including phenoxy) is 1. The molecule has 1 amide bonds. The second-order valence-corrected chi connectivity index (χ2v) is 11.4. The number of rotatable bonds is 4. The Morgan fingerprint density at radius 1 is 1.21 bits per heavy atom. The number of aryl methyl sites for hydroxylation is 1. The van der Waals surface area contributed by atoms with Gasteiger partial charge >= 0.3 is 6.09 Å². The fraction of sp³-hybridized carbons (Fsp3) is 0.414. The van der Waals surface area contributed by atoms with Crippen molar-refractivity contribution in [2.24, 2.45) is 7.05 Å². The van der Waals surface area contributed by atoms with Crippen LogP contribution in [0.2, 0.25) is 5.02 Å². The number of imidazole rings is 1. The van der Waals surface area contributed by atoms with Crippen LogP contribution < -0.4 is 0 Å². The number of hydrogen-bond donors (Lipinski definition) is 1. The Morgan fingerprint density at radius 2 is 1.97 bits per heavy atom. The summed E-state index contributed by atoms with van der Waals surface area (Å²) in [7, 11) is 1.87. The topological polar surface area (TPSA) is 83.7 Å². The Hall–Kier alpha value is -3.20. The number of fused-ring (bicyclic) bond motifs is 2. The third-order valence-corrected chi connectivity index (χ3v) is 8.33. The summed E-state index contributed by atoms with van der Waals surface area (Å²) >= 11 is 6.54. The normalized spacial score (nSPS) is 22.0. The molecule has 1 saturated carbocycles. The van der Waals surface area contributed by atoms with Crippen molar-refractivity contribution in [3.05, 3.63) is 82.2 Å². The maximum atomic E-state index is 12.7. The van der Waals surface area contributed by atoms with E-state index in [2.05, 4.69) is 9.88 Å². The van der Waals surface area contributed by atoms with Crippen LogP contribution in [0.15, 0.2) is 49.1 Å². The minimum Gasteiger partial charge on any atom is -0.443 e. The number of carbonyl (C=O) groups excluding carboxylic acids is 1. The highest BCUT2D eigenvalue weighted by atomic mass is 35.5. The molecule has 2 atom stereocenters.